The van der Waals surface area contributed by atoms with Crippen LogP contribution < -0.4 is 16.2 Å². The number of thiocarbonyl (C=S) groups is 1. The summed E-state index contributed by atoms with van der Waals surface area (Å²) >= 11 is 4.37. The Morgan fingerprint density at radius 2 is 1.80 bits per heavy atom. The van der Waals surface area contributed by atoms with Gasteiger partial charge in [0.15, 0.2) is 5.11 Å². The number of hydrazine groups is 1. The molecule has 0 aliphatic carbocycles. The van der Waals surface area contributed by atoms with Gasteiger partial charge in [0, 0.05) is 0 Å². The Morgan fingerprint density at radius 3 is 2.20 bits per heavy atom. The van der Waals surface area contributed by atoms with Gasteiger partial charge in [-0.25, -0.2) is 0 Å². The molecular formula is C8H8F3N3S. The zero-order valence-electron chi connectivity index (χ0n) is 7.45. The predicted molar refractivity (Wildman–Crippen MR) is 54.9 cm³/mol. The number of anilines is 1. The van der Waals surface area contributed by atoms with Crippen molar-refractivity contribution in [3.8, 4) is 0 Å². The van der Waals surface area contributed by atoms with Crippen LogP contribution in [0, 0.1) is 0 Å². The molecule has 0 fully saturated rings. The summed E-state index contributed by atoms with van der Waals surface area (Å²) in [4.78, 5) is 0. The molecule has 0 amide bonds. The van der Waals surface area contributed by atoms with E-state index in [4.69, 9.17) is 5.73 Å². The van der Waals surface area contributed by atoms with E-state index >= 15 is 0 Å². The zero-order valence-corrected chi connectivity index (χ0v) is 8.27. The topological polar surface area (TPSA) is 41.3 Å². The molecule has 0 aliphatic heterocycles. The molecule has 1 aromatic carbocycles. The first kappa shape index (κ1) is 11.6. The minimum absolute atomic E-state index is 0.0463. The molecule has 0 aliphatic rings. The summed E-state index contributed by atoms with van der Waals surface area (Å²) in [6.45, 7) is 0. The number of halogens is 3. The van der Waals surface area contributed by atoms with Gasteiger partial charge in [0.1, 0.15) is 0 Å². The molecule has 15 heavy (non-hydrogen) atoms. The molecule has 0 unspecified atom stereocenters. The average Bonchev–Trinajstić information content (AvgIpc) is 2.14. The van der Waals surface area contributed by atoms with Crippen LogP contribution in [0.1, 0.15) is 0 Å². The lowest BCUT2D eigenvalue weighted by Crippen LogP contribution is -2.52. The summed E-state index contributed by atoms with van der Waals surface area (Å²) < 4.78 is 37.5. The summed E-state index contributed by atoms with van der Waals surface area (Å²) in [6, 6.07) is 7.15. The zero-order chi connectivity index (χ0) is 11.5. The molecule has 3 N–H and O–H groups in total. The third kappa shape index (κ3) is 3.28. The average molecular weight is 235 g/mol. The Kier molecular flexibility index (Phi) is 3.35. The van der Waals surface area contributed by atoms with E-state index < -0.39 is 11.4 Å². The Labute approximate surface area is 89.6 Å². The quantitative estimate of drug-likeness (QED) is 0.465. The van der Waals surface area contributed by atoms with Gasteiger partial charge in [-0.2, -0.15) is 5.01 Å². The van der Waals surface area contributed by atoms with E-state index in [-0.39, 0.29) is 10.7 Å². The highest BCUT2D eigenvalue weighted by molar-refractivity contribution is 7.80. The van der Waals surface area contributed by atoms with Crippen molar-refractivity contribution in [1.82, 2.24) is 5.43 Å². The summed E-state index contributed by atoms with van der Waals surface area (Å²) in [6.07, 6.45) is -4.59. The second kappa shape index (κ2) is 4.35. The smallest absolute Gasteiger partial charge is 0.375 e. The number of benzene rings is 1. The molecule has 0 spiro atoms. The highest BCUT2D eigenvalue weighted by Gasteiger charge is 2.38. The lowest BCUT2D eigenvalue weighted by atomic mass is 10.3. The molecule has 0 atom stereocenters. The number of nitrogens with zero attached hydrogens (tertiary/aromatic N) is 1. The largest absolute Gasteiger partial charge is 0.503 e. The number of nitrogens with two attached hydrogens (primary N) is 1. The highest BCUT2D eigenvalue weighted by Crippen LogP contribution is 2.25. The fourth-order valence-corrected chi connectivity index (χ4v) is 1.05. The molecule has 7 heteroatoms. The van der Waals surface area contributed by atoms with Crippen LogP contribution in [0.15, 0.2) is 30.3 Å². The van der Waals surface area contributed by atoms with Crippen molar-refractivity contribution < 1.29 is 13.2 Å². The first-order valence-corrected chi connectivity index (χ1v) is 4.30. The van der Waals surface area contributed by atoms with Gasteiger partial charge in [-0.3, -0.25) is 5.43 Å². The SMILES string of the molecule is NC(=S)NN(c1ccccc1)C(F)(F)F. The maximum Gasteiger partial charge on any atom is 0.503 e. The second-order valence-electron chi connectivity index (χ2n) is 2.61. The molecule has 0 radical (unpaired) electrons. The van der Waals surface area contributed by atoms with Gasteiger partial charge in [-0.05, 0) is 24.4 Å². The van der Waals surface area contributed by atoms with E-state index in [0.29, 0.717) is 0 Å². The first-order chi connectivity index (χ1) is 6.91. The number of hydrogen-bond donors (Lipinski definition) is 2. The van der Waals surface area contributed by atoms with Gasteiger partial charge in [-0.1, -0.05) is 18.2 Å². The standard InChI is InChI=1S/C8H8F3N3S/c9-8(10,11)14(13-7(12)15)6-4-2-1-3-5-6/h1-5H,(H3,12,13,15). The van der Waals surface area contributed by atoms with Crippen molar-refractivity contribution in [2.24, 2.45) is 5.73 Å². The van der Waals surface area contributed by atoms with Gasteiger partial charge in [-0.15, -0.1) is 13.2 Å². The van der Waals surface area contributed by atoms with Crippen LogP contribution in [0.5, 0.6) is 0 Å². The normalized spacial score (nSPS) is 10.9. The van der Waals surface area contributed by atoms with Crippen molar-refractivity contribution in [3.05, 3.63) is 30.3 Å². The van der Waals surface area contributed by atoms with Crippen LogP contribution in [-0.4, -0.2) is 11.4 Å². The van der Waals surface area contributed by atoms with Crippen molar-refractivity contribution in [1.29, 1.82) is 0 Å². The highest BCUT2D eigenvalue weighted by atomic mass is 32.1. The molecule has 3 nitrogen and oxygen atoms in total. The van der Waals surface area contributed by atoms with Crippen molar-refractivity contribution >= 4 is 23.0 Å². The minimum Gasteiger partial charge on any atom is -0.375 e. The third-order valence-corrected chi connectivity index (χ3v) is 1.58. The van der Waals surface area contributed by atoms with Gasteiger partial charge in [0.2, 0.25) is 0 Å². The molecule has 0 bridgehead atoms. The van der Waals surface area contributed by atoms with Crippen LogP contribution >= 0.6 is 12.2 Å². The Hall–Kier alpha value is -1.50. The summed E-state index contributed by atoms with van der Waals surface area (Å²) in [7, 11) is 0. The van der Waals surface area contributed by atoms with Gasteiger partial charge >= 0.3 is 6.30 Å². The molecule has 0 saturated heterocycles. The Bertz CT molecular complexity index is 339. The molecular weight excluding hydrogens is 227 g/mol. The summed E-state index contributed by atoms with van der Waals surface area (Å²) in [5, 5.41) is -0.494. The molecule has 82 valence electrons. The predicted octanol–water partition coefficient (Wildman–Crippen LogP) is 1.76. The van der Waals surface area contributed by atoms with E-state index in [0.717, 1.165) is 0 Å². The molecule has 1 rings (SSSR count). The van der Waals surface area contributed by atoms with Crippen LogP contribution in [0.25, 0.3) is 0 Å². The molecule has 1 aromatic rings. The van der Waals surface area contributed by atoms with E-state index in [1.165, 1.54) is 24.3 Å². The van der Waals surface area contributed by atoms with Gasteiger partial charge < -0.3 is 5.73 Å². The van der Waals surface area contributed by atoms with Crippen molar-refractivity contribution in [3.63, 3.8) is 0 Å². The maximum atomic E-state index is 12.5. The van der Waals surface area contributed by atoms with Gasteiger partial charge in [0.25, 0.3) is 0 Å². The van der Waals surface area contributed by atoms with Crippen LogP contribution in [-0.2, 0) is 0 Å². The molecule has 0 heterocycles. The van der Waals surface area contributed by atoms with E-state index in [1.54, 1.807) is 6.07 Å². The van der Waals surface area contributed by atoms with Crippen LogP contribution in [0.2, 0.25) is 0 Å². The fourth-order valence-electron chi connectivity index (χ4n) is 0.962. The first-order valence-electron chi connectivity index (χ1n) is 3.89. The lowest BCUT2D eigenvalue weighted by Gasteiger charge is -2.27. The Morgan fingerprint density at radius 1 is 1.27 bits per heavy atom. The van der Waals surface area contributed by atoms with E-state index in [1.807, 2.05) is 5.43 Å². The molecule has 0 saturated carbocycles. The van der Waals surface area contributed by atoms with Gasteiger partial charge in [0.05, 0.1) is 5.69 Å². The Balaban J connectivity index is 2.97. The molecule has 0 aromatic heterocycles. The number of para-hydroxylation sites is 1. The number of rotatable bonds is 2. The lowest BCUT2D eigenvalue weighted by molar-refractivity contribution is -0.133. The van der Waals surface area contributed by atoms with E-state index in [9.17, 15) is 13.2 Å². The minimum atomic E-state index is -4.59. The van der Waals surface area contributed by atoms with Crippen molar-refractivity contribution in [2.75, 3.05) is 5.01 Å². The monoisotopic (exact) mass is 235 g/mol. The van der Waals surface area contributed by atoms with Crippen molar-refractivity contribution in [2.45, 2.75) is 6.30 Å². The van der Waals surface area contributed by atoms with Crippen LogP contribution in [0.3, 0.4) is 0 Å². The number of alkyl halides is 3. The number of hydrogen-bond acceptors (Lipinski definition) is 2. The van der Waals surface area contributed by atoms with E-state index in [2.05, 4.69) is 12.2 Å². The maximum absolute atomic E-state index is 12.5. The fraction of sp³-hybridized carbons (Fsp3) is 0.125. The van der Waals surface area contributed by atoms with Crippen LogP contribution in [0.4, 0.5) is 18.9 Å². The summed E-state index contributed by atoms with van der Waals surface area (Å²) in [5.74, 6) is 0. The second-order valence-corrected chi connectivity index (χ2v) is 3.05. The third-order valence-electron chi connectivity index (χ3n) is 1.49. The summed E-state index contributed by atoms with van der Waals surface area (Å²) in [5.41, 5.74) is 6.77. The number of nitrogens with one attached hydrogen (secondary N) is 1.